The zero-order chi connectivity index (χ0) is 43.9. The van der Waals surface area contributed by atoms with Gasteiger partial charge in [-0.2, -0.15) is 0 Å². The van der Waals surface area contributed by atoms with Crippen molar-refractivity contribution in [1.82, 2.24) is 5.32 Å². The van der Waals surface area contributed by atoms with Crippen LogP contribution in [0.1, 0.15) is 174 Å². The summed E-state index contributed by atoms with van der Waals surface area (Å²) in [4.78, 5) is 33.9. The number of unbranched alkanes of at least 4 members (excludes halogenated alkanes) is 13. The Bertz CT molecular complexity index is 1300. The van der Waals surface area contributed by atoms with Crippen molar-refractivity contribution in [3.63, 3.8) is 0 Å². The number of rotatable bonds is 42. The topological polar surface area (TPSA) is 131 Å². The average Bonchev–Trinajstić information content (AvgIpc) is 3.23. The lowest BCUT2D eigenvalue weighted by molar-refractivity contribution is -0.147. The van der Waals surface area contributed by atoms with Crippen molar-refractivity contribution >= 4 is 19.7 Å². The molecule has 10 heteroatoms. The van der Waals surface area contributed by atoms with Gasteiger partial charge in [-0.15, -0.1) is 0 Å². The van der Waals surface area contributed by atoms with E-state index >= 15 is 0 Å². The van der Waals surface area contributed by atoms with Gasteiger partial charge < -0.3 is 20.1 Å². The number of phosphoric ester groups is 1. The van der Waals surface area contributed by atoms with Crippen molar-refractivity contribution in [2.45, 2.75) is 180 Å². The van der Waals surface area contributed by atoms with E-state index in [0.717, 1.165) is 83.5 Å². The van der Waals surface area contributed by atoms with Gasteiger partial charge in [0, 0.05) is 19.4 Å². The number of nitrogens with one attached hydrogen (secondary N) is 1. The maximum absolute atomic E-state index is 12.1. The van der Waals surface area contributed by atoms with Gasteiger partial charge >= 0.3 is 13.8 Å². The maximum atomic E-state index is 12.1. The average molecular weight is 858 g/mol. The van der Waals surface area contributed by atoms with E-state index in [4.69, 9.17) is 13.8 Å². The van der Waals surface area contributed by atoms with Gasteiger partial charge in [-0.25, -0.2) is 4.57 Å². The number of amides is 1. The number of esters is 1. The zero-order valence-corrected chi connectivity index (χ0v) is 38.5. The van der Waals surface area contributed by atoms with Crippen LogP contribution in [0.5, 0.6) is 0 Å². The number of allylic oxidation sites excluding steroid dienone is 16. The first-order chi connectivity index (χ1) is 29.3. The Morgan fingerprint density at radius 3 is 1.48 bits per heavy atom. The predicted octanol–water partition coefficient (Wildman–Crippen LogP) is 13.4. The van der Waals surface area contributed by atoms with Crippen LogP contribution in [0.2, 0.25) is 0 Å². The number of carbonyl (C=O) groups is 2. The molecule has 0 spiro atoms. The predicted molar refractivity (Wildman–Crippen MR) is 252 cm³/mol. The highest BCUT2D eigenvalue weighted by atomic mass is 31.2. The second kappa shape index (κ2) is 45.5. The third-order valence-electron chi connectivity index (χ3n) is 9.25. The van der Waals surface area contributed by atoms with Gasteiger partial charge in [0.2, 0.25) is 5.91 Å². The third kappa shape index (κ3) is 46.0. The number of carbonyl (C=O) groups excluding carboxylic acids is 2. The van der Waals surface area contributed by atoms with Gasteiger partial charge in [-0.3, -0.25) is 18.6 Å². The van der Waals surface area contributed by atoms with Gasteiger partial charge in [-0.1, -0.05) is 169 Å². The molecule has 3 N–H and O–H groups in total. The van der Waals surface area contributed by atoms with Crippen LogP contribution >= 0.6 is 7.82 Å². The van der Waals surface area contributed by atoms with E-state index in [1.807, 2.05) is 6.08 Å². The summed E-state index contributed by atoms with van der Waals surface area (Å²) in [7, 11) is -4.44. The normalized spacial score (nSPS) is 14.1. The Hall–Kier alpha value is -3.07. The molecule has 60 heavy (non-hydrogen) atoms. The van der Waals surface area contributed by atoms with Crippen molar-refractivity contribution < 1.29 is 37.9 Å². The first-order valence-electron chi connectivity index (χ1n) is 23.2. The van der Waals surface area contributed by atoms with E-state index in [0.29, 0.717) is 12.8 Å². The third-order valence-corrected chi connectivity index (χ3v) is 10.2. The Kier molecular flexibility index (Phi) is 43.1. The standard InChI is InChI=1S/C50H84NO8P/c1-3-5-7-9-11-13-15-17-19-21-22-23-24-25-26-27-29-31-33-35-37-39-41-43-50(54)57-46-48(52)47-59-60(55,56)58-45-44-51-49(53)42-40-38-36-34-32-30-28-20-18-16-14-12-10-8-6-4-2/h5,7,11,13,17,19-20,22-23,25-26,28-29,31,35,37,48,52H,3-4,6,8-10,12,14-16,18,21,24,27,30,32-34,36,38-47H2,1-2H3,(H,51,53)(H,55,56)/b7-5-,13-11-,19-17-,23-22-,26-25-,28-20-,31-29-,37-35-. The molecule has 0 aliphatic rings. The second-order valence-corrected chi connectivity index (χ2v) is 16.4. The summed E-state index contributed by atoms with van der Waals surface area (Å²) in [6.07, 6.45) is 59.2. The Morgan fingerprint density at radius 2 is 0.967 bits per heavy atom. The van der Waals surface area contributed by atoms with E-state index in [-0.39, 0.29) is 32.1 Å². The van der Waals surface area contributed by atoms with Gasteiger partial charge in [0.1, 0.15) is 12.7 Å². The molecular weight excluding hydrogens is 774 g/mol. The molecule has 2 atom stereocenters. The van der Waals surface area contributed by atoms with Crippen LogP contribution in [-0.2, 0) is 27.9 Å². The monoisotopic (exact) mass is 858 g/mol. The Labute approximate surface area is 365 Å². The second-order valence-electron chi connectivity index (χ2n) is 15.0. The first kappa shape index (κ1) is 56.9. The number of aliphatic hydroxyl groups is 1. The molecule has 342 valence electrons. The molecule has 0 aromatic carbocycles. The lowest BCUT2D eigenvalue weighted by Gasteiger charge is -2.15. The molecule has 0 saturated carbocycles. The largest absolute Gasteiger partial charge is 0.472 e. The maximum Gasteiger partial charge on any atom is 0.472 e. The molecule has 0 fully saturated rings. The number of ether oxygens (including phenoxy) is 1. The fraction of sp³-hybridized carbons (Fsp3) is 0.640. The van der Waals surface area contributed by atoms with Crippen LogP contribution in [0.4, 0.5) is 0 Å². The fourth-order valence-corrected chi connectivity index (χ4v) is 6.53. The highest BCUT2D eigenvalue weighted by Crippen LogP contribution is 2.42. The molecule has 2 unspecified atom stereocenters. The molecule has 9 nitrogen and oxygen atoms in total. The highest BCUT2D eigenvalue weighted by Gasteiger charge is 2.23. The van der Waals surface area contributed by atoms with Gasteiger partial charge in [-0.05, 0) is 89.9 Å². The fourth-order valence-electron chi connectivity index (χ4n) is 5.77. The molecule has 0 heterocycles. The minimum absolute atomic E-state index is 0.0653. The van der Waals surface area contributed by atoms with Crippen molar-refractivity contribution in [3.8, 4) is 0 Å². The lowest BCUT2D eigenvalue weighted by atomic mass is 10.1. The van der Waals surface area contributed by atoms with Crippen LogP contribution in [0.25, 0.3) is 0 Å². The summed E-state index contributed by atoms with van der Waals surface area (Å²) in [5.74, 6) is -0.592. The summed E-state index contributed by atoms with van der Waals surface area (Å²) in [6, 6.07) is 0. The van der Waals surface area contributed by atoms with Crippen LogP contribution in [0.3, 0.4) is 0 Å². The number of aliphatic hydroxyl groups excluding tert-OH is 1. The molecule has 0 aliphatic carbocycles. The summed E-state index contributed by atoms with van der Waals surface area (Å²) >= 11 is 0. The SMILES string of the molecule is CC/C=C\C/C=C\C/C=C\C/C=C\C/C=C\C/C=C\C/C=C\CCCC(=O)OCC(O)COP(=O)(O)OCCNC(=O)CCCCCCC/C=C\CCCCCCCCC. The smallest absolute Gasteiger partial charge is 0.463 e. The summed E-state index contributed by atoms with van der Waals surface area (Å²) in [6.45, 7) is 3.35. The summed E-state index contributed by atoms with van der Waals surface area (Å²) in [5, 5.41) is 12.7. The Morgan fingerprint density at radius 1 is 0.533 bits per heavy atom. The van der Waals surface area contributed by atoms with Crippen LogP contribution in [-0.4, -0.2) is 54.3 Å². The number of hydrogen-bond donors (Lipinski definition) is 3. The molecular formula is C50H84NO8P. The van der Waals surface area contributed by atoms with E-state index < -0.39 is 26.5 Å². The molecule has 1 amide bonds. The van der Waals surface area contributed by atoms with E-state index in [9.17, 15) is 24.2 Å². The first-order valence-corrected chi connectivity index (χ1v) is 24.7. The van der Waals surface area contributed by atoms with Gasteiger partial charge in [0.15, 0.2) is 0 Å². The van der Waals surface area contributed by atoms with Crippen molar-refractivity contribution in [1.29, 1.82) is 0 Å². The zero-order valence-electron chi connectivity index (χ0n) is 37.6. The van der Waals surface area contributed by atoms with Crippen LogP contribution < -0.4 is 5.32 Å². The number of hydrogen-bond acceptors (Lipinski definition) is 7. The lowest BCUT2D eigenvalue weighted by Crippen LogP contribution is -2.27. The quantitative estimate of drug-likeness (QED) is 0.0239. The highest BCUT2D eigenvalue weighted by molar-refractivity contribution is 7.47. The van der Waals surface area contributed by atoms with Crippen molar-refractivity contribution in [3.05, 3.63) is 97.2 Å². The van der Waals surface area contributed by atoms with Crippen LogP contribution in [0.15, 0.2) is 97.2 Å². The summed E-state index contributed by atoms with van der Waals surface area (Å²) < 4.78 is 26.9. The Balaban J connectivity index is 3.73. The molecule has 0 bridgehead atoms. The van der Waals surface area contributed by atoms with Gasteiger partial charge in [0.05, 0.1) is 13.2 Å². The molecule has 0 radical (unpaired) electrons. The van der Waals surface area contributed by atoms with Crippen LogP contribution in [0, 0.1) is 0 Å². The molecule has 0 saturated heterocycles. The number of phosphoric acid groups is 1. The summed E-state index contributed by atoms with van der Waals surface area (Å²) in [5.41, 5.74) is 0. The molecule has 0 rings (SSSR count). The minimum atomic E-state index is -4.44. The minimum Gasteiger partial charge on any atom is -0.463 e. The van der Waals surface area contributed by atoms with E-state index in [2.05, 4.69) is 110 Å². The van der Waals surface area contributed by atoms with Crippen molar-refractivity contribution in [2.24, 2.45) is 0 Å². The van der Waals surface area contributed by atoms with Gasteiger partial charge in [0.25, 0.3) is 0 Å². The van der Waals surface area contributed by atoms with Crippen molar-refractivity contribution in [2.75, 3.05) is 26.4 Å². The van der Waals surface area contributed by atoms with E-state index in [1.165, 1.54) is 57.8 Å². The molecule has 0 aromatic heterocycles. The molecule has 0 aromatic rings. The molecule has 0 aliphatic heterocycles. The van der Waals surface area contributed by atoms with E-state index in [1.54, 1.807) is 0 Å².